The molecular formula is C24H31NO6S. The minimum atomic E-state index is -1.28. The molecule has 0 unspecified atom stereocenters. The molecule has 0 aliphatic carbocycles. The molecular weight excluding hydrogens is 430 g/mol. The lowest BCUT2D eigenvalue weighted by molar-refractivity contribution is -0.200. The summed E-state index contributed by atoms with van der Waals surface area (Å²) in [5, 5.41) is 30.8. The minimum absolute atomic E-state index is 0.155. The van der Waals surface area contributed by atoms with Crippen molar-refractivity contribution < 1.29 is 29.7 Å². The quantitative estimate of drug-likeness (QED) is 0.448. The Morgan fingerprint density at radius 2 is 1.81 bits per heavy atom. The van der Waals surface area contributed by atoms with Crippen molar-refractivity contribution in [1.82, 2.24) is 5.48 Å². The Morgan fingerprint density at radius 1 is 1.09 bits per heavy atom. The predicted molar refractivity (Wildman–Crippen MR) is 123 cm³/mol. The van der Waals surface area contributed by atoms with Gasteiger partial charge in [-0.2, -0.15) is 5.48 Å². The van der Waals surface area contributed by atoms with E-state index in [0.717, 1.165) is 28.7 Å². The molecule has 1 aliphatic heterocycles. The van der Waals surface area contributed by atoms with Gasteiger partial charge in [0.1, 0.15) is 29.9 Å². The second-order valence-corrected chi connectivity index (χ2v) is 8.95. The molecule has 0 bridgehead atoms. The van der Waals surface area contributed by atoms with E-state index in [0.29, 0.717) is 18.6 Å². The fraction of sp³-hybridized carbons (Fsp3) is 0.458. The summed E-state index contributed by atoms with van der Waals surface area (Å²) in [5.41, 5.74) is 5.77. The average molecular weight is 462 g/mol. The highest BCUT2D eigenvalue weighted by Gasteiger charge is 2.44. The van der Waals surface area contributed by atoms with Crippen molar-refractivity contribution in [3.63, 3.8) is 0 Å². The van der Waals surface area contributed by atoms with Gasteiger partial charge < -0.3 is 24.9 Å². The largest absolute Gasteiger partial charge is 0.387 e. The summed E-state index contributed by atoms with van der Waals surface area (Å²) in [4.78, 5) is 16.8. The fourth-order valence-electron chi connectivity index (χ4n) is 3.67. The SMILES string of the molecule is CCCC(=O)NOc1ccc(Cc2cc([C@@H]3O[C@H](SC)[C@@H](O)[C@H](O)[C@H]3O)ccc2C)cc1. The summed E-state index contributed by atoms with van der Waals surface area (Å²) in [6, 6.07) is 13.3. The molecule has 174 valence electrons. The number of aryl methyl sites for hydroxylation is 1. The number of aliphatic hydroxyl groups excluding tert-OH is 3. The van der Waals surface area contributed by atoms with Gasteiger partial charge >= 0.3 is 0 Å². The number of rotatable bonds is 8. The Hall–Kier alpha value is -2.10. The number of ether oxygens (including phenoxy) is 1. The molecule has 1 fully saturated rings. The summed E-state index contributed by atoms with van der Waals surface area (Å²) >= 11 is 1.30. The monoisotopic (exact) mass is 461 g/mol. The lowest BCUT2D eigenvalue weighted by Gasteiger charge is -2.40. The third-order valence-corrected chi connectivity index (χ3v) is 6.44. The number of thioether (sulfide) groups is 1. The topological polar surface area (TPSA) is 108 Å². The molecule has 1 amide bonds. The summed E-state index contributed by atoms with van der Waals surface area (Å²) in [6.45, 7) is 3.94. The maximum atomic E-state index is 11.5. The van der Waals surface area contributed by atoms with E-state index in [1.807, 2.05) is 44.2 Å². The van der Waals surface area contributed by atoms with Crippen LogP contribution >= 0.6 is 11.8 Å². The molecule has 0 spiro atoms. The van der Waals surface area contributed by atoms with E-state index in [2.05, 4.69) is 5.48 Å². The van der Waals surface area contributed by atoms with Crippen LogP contribution in [0.1, 0.15) is 48.1 Å². The van der Waals surface area contributed by atoms with E-state index in [1.54, 1.807) is 18.4 Å². The number of hydrogen-bond acceptors (Lipinski definition) is 7. The number of carbonyl (C=O) groups is 1. The second-order valence-electron chi connectivity index (χ2n) is 8.02. The van der Waals surface area contributed by atoms with E-state index in [1.165, 1.54) is 11.8 Å². The molecule has 1 heterocycles. The van der Waals surface area contributed by atoms with E-state index in [-0.39, 0.29) is 5.91 Å². The average Bonchev–Trinajstić information content (AvgIpc) is 2.79. The van der Waals surface area contributed by atoms with Gasteiger partial charge in [0, 0.05) is 6.42 Å². The van der Waals surface area contributed by atoms with Gasteiger partial charge in [-0.15, -0.1) is 11.8 Å². The minimum Gasteiger partial charge on any atom is -0.387 e. The van der Waals surface area contributed by atoms with Crippen molar-refractivity contribution >= 4 is 17.7 Å². The van der Waals surface area contributed by atoms with Crippen molar-refractivity contribution in [3.05, 3.63) is 64.7 Å². The highest BCUT2D eigenvalue weighted by molar-refractivity contribution is 7.99. The first-order chi connectivity index (χ1) is 15.3. The zero-order chi connectivity index (χ0) is 23.3. The Kier molecular flexibility index (Phi) is 8.56. The number of hydroxylamine groups is 1. The van der Waals surface area contributed by atoms with Crippen molar-refractivity contribution in [2.45, 2.75) is 63.0 Å². The van der Waals surface area contributed by atoms with Crippen LogP contribution in [-0.2, 0) is 16.0 Å². The molecule has 1 aliphatic rings. The number of nitrogens with one attached hydrogen (secondary N) is 1. The van der Waals surface area contributed by atoms with Crippen LogP contribution in [0.15, 0.2) is 42.5 Å². The van der Waals surface area contributed by atoms with Gasteiger partial charge in [-0.25, -0.2) is 0 Å². The van der Waals surface area contributed by atoms with Crippen LogP contribution in [0.3, 0.4) is 0 Å². The van der Waals surface area contributed by atoms with Gasteiger partial charge in [-0.1, -0.05) is 37.3 Å². The summed E-state index contributed by atoms with van der Waals surface area (Å²) in [5.74, 6) is 0.399. The third-order valence-electron chi connectivity index (χ3n) is 5.58. The van der Waals surface area contributed by atoms with Crippen LogP contribution in [0, 0.1) is 6.92 Å². The van der Waals surface area contributed by atoms with E-state index in [9.17, 15) is 20.1 Å². The number of aliphatic hydroxyl groups is 3. The van der Waals surface area contributed by atoms with Crippen LogP contribution < -0.4 is 10.3 Å². The Balaban J connectivity index is 1.71. The fourth-order valence-corrected chi connectivity index (χ4v) is 4.34. The van der Waals surface area contributed by atoms with E-state index < -0.39 is 29.9 Å². The van der Waals surface area contributed by atoms with Gasteiger partial charge in [0.2, 0.25) is 0 Å². The van der Waals surface area contributed by atoms with Gasteiger partial charge in [-0.05, 0) is 60.4 Å². The maximum Gasteiger partial charge on any atom is 0.252 e. The van der Waals surface area contributed by atoms with Crippen molar-refractivity contribution in [2.24, 2.45) is 0 Å². The molecule has 32 heavy (non-hydrogen) atoms. The molecule has 1 saturated heterocycles. The molecule has 0 radical (unpaired) electrons. The van der Waals surface area contributed by atoms with Crippen LogP contribution in [0.2, 0.25) is 0 Å². The second kappa shape index (κ2) is 11.2. The van der Waals surface area contributed by atoms with Gasteiger partial charge in [0.15, 0.2) is 5.75 Å². The number of carbonyl (C=O) groups excluding carboxylic acids is 1. The smallest absolute Gasteiger partial charge is 0.252 e. The molecule has 2 aromatic carbocycles. The Bertz CT molecular complexity index is 904. The molecule has 4 N–H and O–H groups in total. The van der Waals surface area contributed by atoms with Crippen molar-refractivity contribution in [2.75, 3.05) is 6.26 Å². The summed E-state index contributed by atoms with van der Waals surface area (Å²) in [7, 11) is 0. The Morgan fingerprint density at radius 3 is 2.47 bits per heavy atom. The predicted octanol–water partition coefficient (Wildman–Crippen LogP) is 2.64. The number of amides is 1. The lowest BCUT2D eigenvalue weighted by atomic mass is 9.91. The standard InChI is InChI=1S/C24H31NO6S/c1-4-5-19(26)25-31-18-10-7-15(8-11-18)12-17-13-16(9-6-14(17)2)23-21(28)20(27)22(29)24(30-23)32-3/h6-11,13,20-24,27-29H,4-5,12H2,1-3H3,(H,25,26)/t20-,21-,22+,23+,24-/m1/s1. The first-order valence-electron chi connectivity index (χ1n) is 10.7. The molecule has 7 nitrogen and oxygen atoms in total. The van der Waals surface area contributed by atoms with Crippen LogP contribution in [-0.4, -0.2) is 51.2 Å². The van der Waals surface area contributed by atoms with Crippen molar-refractivity contribution in [1.29, 1.82) is 0 Å². The highest BCUT2D eigenvalue weighted by Crippen LogP contribution is 2.36. The summed E-state index contributed by atoms with van der Waals surface area (Å²) < 4.78 is 5.89. The molecule has 0 saturated carbocycles. The molecule has 0 aromatic heterocycles. The lowest BCUT2D eigenvalue weighted by Crippen LogP contribution is -2.52. The number of hydrogen-bond donors (Lipinski definition) is 4. The zero-order valence-corrected chi connectivity index (χ0v) is 19.3. The van der Waals surface area contributed by atoms with Crippen LogP contribution in [0.5, 0.6) is 5.75 Å². The first-order valence-corrected chi connectivity index (χ1v) is 12.0. The highest BCUT2D eigenvalue weighted by atomic mass is 32.2. The maximum absolute atomic E-state index is 11.5. The third kappa shape index (κ3) is 5.82. The van der Waals surface area contributed by atoms with Gasteiger partial charge in [0.25, 0.3) is 5.91 Å². The normalized spacial score (nSPS) is 25.4. The van der Waals surface area contributed by atoms with Gasteiger partial charge in [-0.3, -0.25) is 4.79 Å². The molecule has 2 aromatic rings. The van der Waals surface area contributed by atoms with Crippen LogP contribution in [0.25, 0.3) is 0 Å². The number of benzene rings is 2. The van der Waals surface area contributed by atoms with Crippen molar-refractivity contribution in [3.8, 4) is 5.75 Å². The molecule has 3 rings (SSSR count). The Labute approximate surface area is 192 Å². The first kappa shape index (κ1) is 24.5. The zero-order valence-electron chi connectivity index (χ0n) is 18.5. The van der Waals surface area contributed by atoms with Crippen LogP contribution in [0.4, 0.5) is 0 Å². The summed E-state index contributed by atoms with van der Waals surface area (Å²) in [6.07, 6.45) is -0.750. The van der Waals surface area contributed by atoms with E-state index in [4.69, 9.17) is 9.57 Å². The van der Waals surface area contributed by atoms with E-state index >= 15 is 0 Å². The van der Waals surface area contributed by atoms with Gasteiger partial charge in [0.05, 0.1) is 0 Å². The molecule has 8 heteroatoms. The molecule has 5 atom stereocenters.